The highest BCUT2D eigenvalue weighted by Crippen LogP contribution is 2.20. The van der Waals surface area contributed by atoms with E-state index in [9.17, 15) is 13.8 Å². The number of hydrogen-bond acceptors (Lipinski definition) is 3. The first kappa shape index (κ1) is 19.1. The van der Waals surface area contributed by atoms with Crippen molar-refractivity contribution in [2.24, 2.45) is 5.41 Å². The maximum absolute atomic E-state index is 11.7. The molecule has 0 aliphatic rings. The molecule has 7 heteroatoms. The van der Waals surface area contributed by atoms with Gasteiger partial charge in [-0.05, 0) is 11.8 Å². The highest BCUT2D eigenvalue weighted by Gasteiger charge is 2.29. The van der Waals surface area contributed by atoms with E-state index >= 15 is 0 Å². The second-order valence-corrected chi connectivity index (χ2v) is 7.12. The SMILES string of the molecule is CCCN(C[C@@H](NC(=O)NCC=O)C(C)(C)C)S(C)=O. The molecule has 20 heavy (non-hydrogen) atoms. The lowest BCUT2D eigenvalue weighted by Crippen LogP contribution is -2.53. The molecule has 0 bridgehead atoms. The molecule has 0 aromatic rings. The van der Waals surface area contributed by atoms with Gasteiger partial charge in [-0.2, -0.15) is 0 Å². The van der Waals surface area contributed by atoms with E-state index in [1.165, 1.54) is 0 Å². The summed E-state index contributed by atoms with van der Waals surface area (Å²) in [7, 11) is -1.07. The van der Waals surface area contributed by atoms with Crippen LogP contribution in [0.2, 0.25) is 0 Å². The van der Waals surface area contributed by atoms with Gasteiger partial charge in [0, 0.05) is 25.4 Å². The van der Waals surface area contributed by atoms with E-state index in [0.717, 1.165) is 6.42 Å². The topological polar surface area (TPSA) is 78.5 Å². The van der Waals surface area contributed by atoms with E-state index in [2.05, 4.69) is 10.6 Å². The van der Waals surface area contributed by atoms with Gasteiger partial charge in [-0.15, -0.1) is 0 Å². The first-order valence-electron chi connectivity index (χ1n) is 6.78. The number of rotatable bonds is 8. The van der Waals surface area contributed by atoms with Gasteiger partial charge in [0.1, 0.15) is 6.29 Å². The van der Waals surface area contributed by atoms with E-state index in [4.69, 9.17) is 0 Å². The van der Waals surface area contributed by atoms with E-state index < -0.39 is 11.0 Å². The Morgan fingerprint density at radius 3 is 2.40 bits per heavy atom. The number of carbonyl (C=O) groups excluding carboxylic acids is 2. The van der Waals surface area contributed by atoms with E-state index in [1.807, 2.05) is 32.0 Å². The van der Waals surface area contributed by atoms with Crippen molar-refractivity contribution in [1.82, 2.24) is 14.9 Å². The zero-order chi connectivity index (χ0) is 15.8. The Bertz CT molecular complexity index is 342. The molecule has 2 amide bonds. The zero-order valence-electron chi connectivity index (χ0n) is 13.1. The Morgan fingerprint density at radius 2 is 2.00 bits per heavy atom. The van der Waals surface area contributed by atoms with Crippen LogP contribution in [0.3, 0.4) is 0 Å². The summed E-state index contributed by atoms with van der Waals surface area (Å²) < 4.78 is 13.6. The zero-order valence-corrected chi connectivity index (χ0v) is 13.9. The molecular weight excluding hydrogens is 278 g/mol. The number of aldehydes is 1. The molecule has 0 fully saturated rings. The minimum absolute atomic E-state index is 0.0128. The summed E-state index contributed by atoms with van der Waals surface area (Å²) in [5.74, 6) is 0. The third kappa shape index (κ3) is 7.59. The molecule has 2 N–H and O–H groups in total. The third-order valence-electron chi connectivity index (χ3n) is 2.92. The molecule has 0 aliphatic carbocycles. The summed E-state index contributed by atoms with van der Waals surface area (Å²) in [4.78, 5) is 21.9. The van der Waals surface area contributed by atoms with E-state index in [0.29, 0.717) is 19.4 Å². The summed E-state index contributed by atoms with van der Waals surface area (Å²) in [6.45, 7) is 9.28. The van der Waals surface area contributed by atoms with Gasteiger partial charge < -0.3 is 15.4 Å². The molecule has 118 valence electrons. The average molecular weight is 305 g/mol. The van der Waals surface area contributed by atoms with E-state index in [-0.39, 0.29) is 24.0 Å². The Kier molecular flexibility index (Phi) is 8.64. The lowest BCUT2D eigenvalue weighted by molar-refractivity contribution is -0.107. The van der Waals surface area contributed by atoms with Gasteiger partial charge in [0.2, 0.25) is 0 Å². The minimum Gasteiger partial charge on any atom is -0.334 e. The molecule has 0 aromatic heterocycles. The molecule has 0 radical (unpaired) electrons. The van der Waals surface area contributed by atoms with E-state index in [1.54, 1.807) is 6.26 Å². The molecule has 0 saturated carbocycles. The molecule has 0 aliphatic heterocycles. The smallest absolute Gasteiger partial charge is 0.315 e. The minimum atomic E-state index is -1.07. The van der Waals surface area contributed by atoms with Crippen molar-refractivity contribution in [2.75, 3.05) is 25.9 Å². The van der Waals surface area contributed by atoms with Crippen LogP contribution in [0.15, 0.2) is 0 Å². The fraction of sp³-hybridized carbons (Fsp3) is 0.846. The summed E-state index contributed by atoms with van der Waals surface area (Å²) in [6, 6.07) is -0.542. The van der Waals surface area contributed by atoms with Gasteiger partial charge in [-0.1, -0.05) is 27.7 Å². The van der Waals surface area contributed by atoms with Crippen LogP contribution in [0, 0.1) is 5.41 Å². The number of amides is 2. The lowest BCUT2D eigenvalue weighted by atomic mass is 9.86. The second kappa shape index (κ2) is 9.07. The molecular formula is C13H27N3O3S. The Hall–Kier alpha value is -0.950. The van der Waals surface area contributed by atoms with Crippen molar-refractivity contribution in [1.29, 1.82) is 0 Å². The van der Waals surface area contributed by atoms with Crippen LogP contribution in [0.5, 0.6) is 0 Å². The molecule has 0 spiro atoms. The maximum atomic E-state index is 11.7. The van der Waals surface area contributed by atoms with Crippen LogP contribution in [0.4, 0.5) is 4.79 Å². The van der Waals surface area contributed by atoms with Gasteiger partial charge >= 0.3 is 6.03 Å². The van der Waals surface area contributed by atoms with Gasteiger partial charge in [0.25, 0.3) is 0 Å². The molecule has 0 heterocycles. The summed E-state index contributed by atoms with van der Waals surface area (Å²) in [5.41, 5.74) is -0.177. The Morgan fingerprint density at radius 1 is 1.40 bits per heavy atom. The van der Waals surface area contributed by atoms with Crippen molar-refractivity contribution < 1.29 is 13.8 Å². The van der Waals surface area contributed by atoms with Crippen LogP contribution in [0.25, 0.3) is 0 Å². The first-order valence-corrected chi connectivity index (χ1v) is 8.30. The standard InChI is InChI=1S/C13H27N3O3S/c1-6-8-16(20(5)19)10-11(13(2,3)4)15-12(18)14-7-9-17/h9,11H,6-8,10H2,1-5H3,(H2,14,15,18)/t11-,20?/m1/s1. The number of urea groups is 1. The maximum Gasteiger partial charge on any atom is 0.315 e. The molecule has 1 unspecified atom stereocenters. The van der Waals surface area contributed by atoms with Gasteiger partial charge in [0.05, 0.1) is 17.5 Å². The molecule has 0 rings (SSSR count). The van der Waals surface area contributed by atoms with Gasteiger partial charge in [-0.25, -0.2) is 13.3 Å². The van der Waals surface area contributed by atoms with Gasteiger partial charge in [-0.3, -0.25) is 0 Å². The lowest BCUT2D eigenvalue weighted by Gasteiger charge is -2.34. The van der Waals surface area contributed by atoms with Crippen molar-refractivity contribution in [3.8, 4) is 0 Å². The number of hydrogen-bond donors (Lipinski definition) is 2. The number of nitrogens with zero attached hydrogens (tertiary/aromatic N) is 1. The summed E-state index contributed by atoms with van der Waals surface area (Å²) in [5, 5.41) is 5.31. The molecule has 2 atom stereocenters. The van der Waals surface area contributed by atoms with Gasteiger partial charge in [0.15, 0.2) is 0 Å². The van der Waals surface area contributed by atoms with Crippen LogP contribution in [-0.4, -0.2) is 52.8 Å². The molecule has 0 aromatic carbocycles. The van der Waals surface area contributed by atoms with Crippen molar-refractivity contribution in [3.63, 3.8) is 0 Å². The normalized spacial score (nSPS) is 14.7. The van der Waals surface area contributed by atoms with Crippen molar-refractivity contribution in [3.05, 3.63) is 0 Å². The highest BCUT2D eigenvalue weighted by atomic mass is 32.2. The molecule has 0 saturated heterocycles. The quantitative estimate of drug-likeness (QED) is 0.654. The largest absolute Gasteiger partial charge is 0.334 e. The number of nitrogens with one attached hydrogen (secondary N) is 2. The van der Waals surface area contributed by atoms with Crippen molar-refractivity contribution in [2.45, 2.75) is 40.2 Å². The second-order valence-electron chi connectivity index (χ2n) is 5.75. The Labute approximate surface area is 124 Å². The summed E-state index contributed by atoms with van der Waals surface area (Å²) in [6.07, 6.45) is 3.17. The third-order valence-corrected chi connectivity index (χ3v) is 3.98. The van der Waals surface area contributed by atoms with Crippen LogP contribution >= 0.6 is 0 Å². The van der Waals surface area contributed by atoms with Crippen molar-refractivity contribution >= 4 is 23.3 Å². The van der Waals surface area contributed by atoms with Crippen LogP contribution in [0.1, 0.15) is 34.1 Å². The van der Waals surface area contributed by atoms with Crippen LogP contribution < -0.4 is 10.6 Å². The van der Waals surface area contributed by atoms with Crippen LogP contribution in [-0.2, 0) is 15.8 Å². The average Bonchev–Trinajstić information content (AvgIpc) is 2.33. The molecule has 6 nitrogen and oxygen atoms in total. The fourth-order valence-electron chi connectivity index (χ4n) is 1.66. The number of carbonyl (C=O) groups is 2. The highest BCUT2D eigenvalue weighted by molar-refractivity contribution is 7.81. The predicted molar refractivity (Wildman–Crippen MR) is 81.8 cm³/mol. The fourth-order valence-corrected chi connectivity index (χ4v) is 2.46. The monoisotopic (exact) mass is 305 g/mol. The Balaban J connectivity index is 4.75. The summed E-state index contributed by atoms with van der Waals surface area (Å²) >= 11 is 0. The predicted octanol–water partition coefficient (Wildman–Crippen LogP) is 0.905. The first-order chi connectivity index (χ1) is 9.22.